The lowest BCUT2D eigenvalue weighted by Crippen LogP contribution is -3.00. The van der Waals surface area contributed by atoms with E-state index in [0.29, 0.717) is 128 Å². The van der Waals surface area contributed by atoms with Crippen molar-refractivity contribution in [1.82, 2.24) is 54.7 Å². The Morgan fingerprint density at radius 2 is 1.18 bits per heavy atom. The number of nitrogens with zero attached hydrogens (tertiary/aromatic N) is 13. The Hall–Kier alpha value is -5.46. The number of hydrogen-bond donors (Lipinski definition) is 3. The van der Waals surface area contributed by atoms with Crippen molar-refractivity contribution in [3.8, 4) is 12.3 Å². The molecule has 0 aromatic carbocycles. The molecule has 27 heteroatoms. The molecule has 6 atom stereocenters. The molecule has 0 aliphatic carbocycles. The molecular weight excluding hydrogens is 969 g/mol. The minimum absolute atomic E-state index is 0. The third-order valence-electron chi connectivity index (χ3n) is 12.4. The second-order valence-corrected chi connectivity index (χ2v) is 18.1. The number of nitrogens with one attached hydrogen (secondary N) is 1. The van der Waals surface area contributed by atoms with Crippen LogP contribution in [0.3, 0.4) is 0 Å². The number of aromatic nitrogens is 9. The smallest absolute Gasteiger partial charge is 0.490 e. The highest BCUT2D eigenvalue weighted by Gasteiger charge is 2.41. The summed E-state index contributed by atoms with van der Waals surface area (Å²) in [5.41, 5.74) is 13.1. The van der Waals surface area contributed by atoms with E-state index in [-0.39, 0.29) is 54.4 Å². The Bertz CT molecular complexity index is 2180. The first-order valence-corrected chi connectivity index (χ1v) is 24.3. The number of anilines is 3. The van der Waals surface area contributed by atoms with Crippen molar-refractivity contribution in [2.24, 2.45) is 29.2 Å². The van der Waals surface area contributed by atoms with Gasteiger partial charge in [0.2, 0.25) is 29.7 Å². The van der Waals surface area contributed by atoms with E-state index >= 15 is 0 Å². The SMILES string of the molecule is C#CCOCCOCCOCCNc1nc(N2CCN(C(=O)C(C(C)CC)n3cc(C(N)COC(=O)C(F)(F)F)nn3)CC2)nc(N2CCN(C(=O)C(C(C)CC)n3cc(C(N)CC(C)C)nn3)CC2)n1.[Cl-]. The molecule has 5 N–H and O–H groups in total. The molecule has 2 fully saturated rings. The number of esters is 1. The number of terminal acetylenes is 1. The topological polar surface area (TPSA) is 265 Å². The van der Waals surface area contributed by atoms with Gasteiger partial charge in [-0.1, -0.05) is 70.7 Å². The highest BCUT2D eigenvalue weighted by Crippen LogP contribution is 2.29. The van der Waals surface area contributed by atoms with Gasteiger partial charge in [0.25, 0.3) is 0 Å². The van der Waals surface area contributed by atoms with Crippen LogP contribution in [0.4, 0.5) is 31.0 Å². The van der Waals surface area contributed by atoms with Crippen LogP contribution in [-0.4, -0.2) is 184 Å². The van der Waals surface area contributed by atoms with Gasteiger partial charge in [0, 0.05) is 58.9 Å². The van der Waals surface area contributed by atoms with E-state index in [4.69, 9.17) is 47.1 Å². The third-order valence-corrected chi connectivity index (χ3v) is 12.4. The van der Waals surface area contributed by atoms with Crippen LogP contribution in [-0.2, 0) is 33.3 Å². The summed E-state index contributed by atoms with van der Waals surface area (Å²) in [5.74, 6) is 1.07. The predicted molar refractivity (Wildman–Crippen MR) is 255 cm³/mol. The van der Waals surface area contributed by atoms with Crippen LogP contribution in [0.2, 0.25) is 0 Å². The summed E-state index contributed by atoms with van der Waals surface area (Å²) >= 11 is 0. The monoisotopic (exact) mass is 1040 g/mol. The zero-order chi connectivity index (χ0) is 51.7. The van der Waals surface area contributed by atoms with E-state index in [0.717, 1.165) is 12.8 Å². The van der Waals surface area contributed by atoms with Gasteiger partial charge in [0.05, 0.1) is 63.2 Å². The minimum atomic E-state index is -5.17. The first kappa shape index (κ1) is 59.1. The zero-order valence-corrected chi connectivity index (χ0v) is 42.8. The number of piperazine rings is 2. The van der Waals surface area contributed by atoms with Gasteiger partial charge in [-0.05, 0) is 24.2 Å². The molecule has 2 aliphatic heterocycles. The number of ether oxygens (including phenoxy) is 4. The fourth-order valence-electron chi connectivity index (χ4n) is 7.98. The number of amides is 2. The van der Waals surface area contributed by atoms with Crippen LogP contribution >= 0.6 is 0 Å². The van der Waals surface area contributed by atoms with E-state index in [2.05, 4.69) is 50.4 Å². The van der Waals surface area contributed by atoms with Gasteiger partial charge < -0.3 is 67.7 Å². The molecule has 5 rings (SSSR count). The second-order valence-electron chi connectivity index (χ2n) is 18.1. The number of hydrogen-bond acceptors (Lipinski definition) is 19. The lowest BCUT2D eigenvalue weighted by atomic mass is 9.97. The highest BCUT2D eigenvalue weighted by atomic mass is 35.5. The summed E-state index contributed by atoms with van der Waals surface area (Å²) < 4.78 is 61.9. The van der Waals surface area contributed by atoms with Crippen LogP contribution < -0.4 is 39.0 Å². The van der Waals surface area contributed by atoms with Crippen LogP contribution in [0.5, 0.6) is 0 Å². The van der Waals surface area contributed by atoms with Crippen molar-refractivity contribution >= 4 is 35.6 Å². The molecule has 3 aromatic heterocycles. The number of carbonyl (C=O) groups is 3. The number of halogens is 4. The Morgan fingerprint density at radius 3 is 1.62 bits per heavy atom. The summed E-state index contributed by atoms with van der Waals surface area (Å²) in [6.45, 7) is 16.9. The minimum Gasteiger partial charge on any atom is -1.00 e. The van der Waals surface area contributed by atoms with Crippen LogP contribution in [0, 0.1) is 30.1 Å². The van der Waals surface area contributed by atoms with Crippen LogP contribution in [0.15, 0.2) is 12.4 Å². The van der Waals surface area contributed by atoms with Gasteiger partial charge in [-0.15, -0.1) is 16.6 Å². The van der Waals surface area contributed by atoms with E-state index in [1.54, 1.807) is 15.8 Å². The van der Waals surface area contributed by atoms with E-state index in [1.807, 2.05) is 42.4 Å². The molecule has 0 saturated carbocycles. The first-order valence-electron chi connectivity index (χ1n) is 24.3. The fourth-order valence-corrected chi connectivity index (χ4v) is 7.98. The van der Waals surface area contributed by atoms with Crippen molar-refractivity contribution in [1.29, 1.82) is 0 Å². The predicted octanol–water partition coefficient (Wildman–Crippen LogP) is -0.823. The number of rotatable bonds is 27. The largest absolute Gasteiger partial charge is 1.00 e. The Labute approximate surface area is 425 Å². The Balaban J connectivity index is 0.0000112. The van der Waals surface area contributed by atoms with Crippen LogP contribution in [0.1, 0.15) is 96.4 Å². The van der Waals surface area contributed by atoms with E-state index < -0.39 is 36.9 Å². The third kappa shape index (κ3) is 16.8. The average Bonchev–Trinajstić information content (AvgIpc) is 4.06. The van der Waals surface area contributed by atoms with Gasteiger partial charge >= 0.3 is 12.1 Å². The molecule has 0 radical (unpaired) electrons. The molecule has 72 heavy (non-hydrogen) atoms. The molecular formula is C45H71ClF3N16O7-. The molecule has 402 valence electrons. The molecule has 3 aromatic rings. The molecule has 5 heterocycles. The van der Waals surface area contributed by atoms with Gasteiger partial charge in [-0.3, -0.25) is 9.59 Å². The van der Waals surface area contributed by atoms with Gasteiger partial charge in [-0.2, -0.15) is 28.1 Å². The molecule has 0 bridgehead atoms. The number of nitrogens with two attached hydrogens (primary N) is 2. The summed E-state index contributed by atoms with van der Waals surface area (Å²) in [4.78, 5) is 61.8. The van der Waals surface area contributed by atoms with Gasteiger partial charge in [0.1, 0.15) is 31.0 Å². The summed E-state index contributed by atoms with van der Waals surface area (Å²) in [5, 5.41) is 20.1. The van der Waals surface area contributed by atoms with Crippen molar-refractivity contribution in [3.05, 3.63) is 23.8 Å². The molecule has 2 aliphatic rings. The van der Waals surface area contributed by atoms with Crippen molar-refractivity contribution in [2.75, 3.05) is 120 Å². The van der Waals surface area contributed by atoms with Gasteiger partial charge in [0.15, 0.2) is 0 Å². The zero-order valence-electron chi connectivity index (χ0n) is 42.0. The maximum absolute atomic E-state index is 14.3. The maximum Gasteiger partial charge on any atom is 0.490 e. The van der Waals surface area contributed by atoms with Crippen molar-refractivity contribution < 1.29 is 58.9 Å². The van der Waals surface area contributed by atoms with Crippen molar-refractivity contribution in [2.45, 2.75) is 91.1 Å². The first-order chi connectivity index (χ1) is 33.9. The molecule has 6 unspecified atom stereocenters. The molecule has 2 saturated heterocycles. The quantitative estimate of drug-likeness (QED) is 0.0478. The lowest BCUT2D eigenvalue weighted by Gasteiger charge is -2.38. The lowest BCUT2D eigenvalue weighted by molar-refractivity contribution is -0.200. The van der Waals surface area contributed by atoms with E-state index in [9.17, 15) is 27.6 Å². The Morgan fingerprint density at radius 1 is 0.722 bits per heavy atom. The summed E-state index contributed by atoms with van der Waals surface area (Å²) in [6.07, 6.45) is 5.33. The second kappa shape index (κ2) is 28.7. The summed E-state index contributed by atoms with van der Waals surface area (Å²) in [7, 11) is 0. The highest BCUT2D eigenvalue weighted by molar-refractivity contribution is 5.81. The molecule has 2 amide bonds. The van der Waals surface area contributed by atoms with Crippen LogP contribution in [0.25, 0.3) is 0 Å². The molecule has 0 spiro atoms. The normalized spacial score (nSPS) is 16.9. The summed E-state index contributed by atoms with van der Waals surface area (Å²) in [6, 6.07) is -2.83. The standard InChI is InChI=1S/C45H71F3N16O7.ClH/c1-8-20-68-22-24-70-25-23-69-21-11-51-42-52-43(61-16-12-59(13-17-61)39(65)37(31(6)9-2)63-27-35(55-57-63)33(49)26-30(4)5)54-44(53-42)62-18-14-60(15-19-62)40(66)38(32(7)10-3)64-28-36(56-58-64)34(50)29-71-41(67)45(46,47)48;/h1,27-28,30-34,37-38H,9-26,29,49-50H2,2-7H3,(H,51,52,53,54);1H/p-1. The van der Waals surface area contributed by atoms with Crippen molar-refractivity contribution in [3.63, 3.8) is 0 Å². The Kier molecular flexibility index (Phi) is 23.6. The average molecular weight is 1040 g/mol. The molecule has 23 nitrogen and oxygen atoms in total. The maximum atomic E-state index is 14.3. The number of carbonyl (C=O) groups excluding carboxylic acids is 3. The van der Waals surface area contributed by atoms with E-state index in [1.165, 1.54) is 10.9 Å². The van der Waals surface area contributed by atoms with Gasteiger partial charge in [-0.25, -0.2) is 14.2 Å². The number of alkyl halides is 3. The fraction of sp³-hybridized carbons (Fsp3) is 0.733.